The van der Waals surface area contributed by atoms with Crippen molar-refractivity contribution >= 4 is 29.1 Å². The molecule has 0 radical (unpaired) electrons. The van der Waals surface area contributed by atoms with E-state index in [1.807, 2.05) is 6.07 Å². The van der Waals surface area contributed by atoms with Gasteiger partial charge in [0.05, 0.1) is 0 Å². The van der Waals surface area contributed by atoms with Crippen LogP contribution in [0.5, 0.6) is 0 Å². The molecule has 1 unspecified atom stereocenters. The number of benzene rings is 1. The van der Waals surface area contributed by atoms with Gasteiger partial charge in [0.25, 0.3) is 5.91 Å². The molecule has 4 rings (SSSR count). The largest absolute Gasteiger partial charge is 0.404 e. The Labute approximate surface area is 217 Å². The molecule has 5 nitrogen and oxygen atoms in total. The summed E-state index contributed by atoms with van der Waals surface area (Å²) >= 11 is 11.9. The highest BCUT2D eigenvalue weighted by molar-refractivity contribution is 6.33. The normalized spacial score (nSPS) is 16.9. The van der Waals surface area contributed by atoms with Crippen LogP contribution in [-0.4, -0.2) is 52.6 Å². The van der Waals surface area contributed by atoms with E-state index in [0.29, 0.717) is 18.4 Å². The Balaban J connectivity index is 1.52. The summed E-state index contributed by atoms with van der Waals surface area (Å²) < 4.78 is 42.2. The third-order valence-electron chi connectivity index (χ3n) is 6.73. The van der Waals surface area contributed by atoms with E-state index in [9.17, 15) is 18.0 Å². The maximum atomic E-state index is 14.1. The number of amides is 1. The second-order valence-electron chi connectivity index (χ2n) is 8.99. The minimum atomic E-state index is -4.36. The minimum absolute atomic E-state index is 0.0968. The van der Waals surface area contributed by atoms with Crippen molar-refractivity contribution in [3.8, 4) is 0 Å². The highest BCUT2D eigenvalue weighted by atomic mass is 35.5. The zero-order valence-corrected chi connectivity index (χ0v) is 20.8. The molecule has 0 spiro atoms. The Morgan fingerprint density at radius 3 is 2.31 bits per heavy atom. The topological polar surface area (TPSA) is 58.1 Å². The van der Waals surface area contributed by atoms with Gasteiger partial charge in [-0.3, -0.25) is 14.7 Å². The van der Waals surface area contributed by atoms with E-state index in [0.717, 1.165) is 5.56 Å². The van der Waals surface area contributed by atoms with E-state index >= 15 is 0 Å². The Kier molecular flexibility index (Phi) is 8.17. The van der Waals surface area contributed by atoms with Crippen LogP contribution in [0.3, 0.4) is 0 Å². The van der Waals surface area contributed by atoms with Gasteiger partial charge in [-0.2, -0.15) is 13.2 Å². The standard InChI is InChI=1S/C26H25Cl2F3N4O/c27-22-14-19(15-23(28)34-22)24(36)33-17-25(20-7-4-10-32-16-20)8-11-35(12-9-25)21(26(29,30)31)13-18-5-2-1-3-6-18/h1-7,10,14-16,21H,8-9,11-13,17H2,(H,33,36). The molecule has 1 aromatic carbocycles. The van der Waals surface area contributed by atoms with Crippen LogP contribution in [0.25, 0.3) is 0 Å². The molecule has 3 aromatic rings. The van der Waals surface area contributed by atoms with Crippen molar-refractivity contribution < 1.29 is 18.0 Å². The number of hydrogen-bond acceptors (Lipinski definition) is 4. The Morgan fingerprint density at radius 1 is 1.06 bits per heavy atom. The molecule has 1 saturated heterocycles. The van der Waals surface area contributed by atoms with Gasteiger partial charge in [-0.15, -0.1) is 0 Å². The summed E-state index contributed by atoms with van der Waals surface area (Å²) in [5, 5.41) is 3.12. The monoisotopic (exact) mass is 536 g/mol. The Bertz CT molecular complexity index is 1150. The van der Waals surface area contributed by atoms with Crippen molar-refractivity contribution in [3.05, 3.63) is 94.0 Å². The summed E-state index contributed by atoms with van der Waals surface area (Å²) in [7, 11) is 0. The SMILES string of the molecule is O=C(NCC1(c2cccnc2)CCN(C(Cc2ccccc2)C(F)(F)F)CC1)c1cc(Cl)nc(Cl)c1. The summed E-state index contributed by atoms with van der Waals surface area (Å²) in [5.74, 6) is -0.385. The second kappa shape index (κ2) is 11.2. The molecule has 10 heteroatoms. The number of halogens is 5. The van der Waals surface area contributed by atoms with Crippen LogP contribution in [0, 0.1) is 0 Å². The van der Waals surface area contributed by atoms with E-state index in [4.69, 9.17) is 23.2 Å². The molecule has 1 fully saturated rings. The van der Waals surface area contributed by atoms with Gasteiger partial charge in [0.2, 0.25) is 0 Å². The van der Waals surface area contributed by atoms with Crippen LogP contribution >= 0.6 is 23.2 Å². The highest BCUT2D eigenvalue weighted by Gasteiger charge is 2.47. The molecule has 36 heavy (non-hydrogen) atoms. The number of nitrogens with one attached hydrogen (secondary N) is 1. The average molecular weight is 537 g/mol. The molecule has 1 N–H and O–H groups in total. The fraction of sp³-hybridized carbons (Fsp3) is 0.346. The second-order valence-corrected chi connectivity index (χ2v) is 9.76. The van der Waals surface area contributed by atoms with Crippen molar-refractivity contribution in [1.29, 1.82) is 0 Å². The van der Waals surface area contributed by atoms with E-state index in [2.05, 4.69) is 15.3 Å². The fourth-order valence-corrected chi connectivity index (χ4v) is 5.20. The van der Waals surface area contributed by atoms with E-state index in [1.54, 1.807) is 48.8 Å². The van der Waals surface area contributed by atoms with Crippen molar-refractivity contribution in [2.45, 2.75) is 36.9 Å². The molecule has 2 aromatic heterocycles. The van der Waals surface area contributed by atoms with Crippen molar-refractivity contribution in [1.82, 2.24) is 20.2 Å². The maximum Gasteiger partial charge on any atom is 0.404 e. The van der Waals surface area contributed by atoms with Gasteiger partial charge >= 0.3 is 6.18 Å². The number of piperidine rings is 1. The molecule has 190 valence electrons. The molecular formula is C26H25Cl2F3N4O. The average Bonchev–Trinajstić information content (AvgIpc) is 2.86. The first kappa shape index (κ1) is 26.4. The number of carbonyl (C=O) groups is 1. The van der Waals surface area contributed by atoms with Crippen LogP contribution in [0.4, 0.5) is 13.2 Å². The van der Waals surface area contributed by atoms with Gasteiger partial charge in [0.1, 0.15) is 16.3 Å². The van der Waals surface area contributed by atoms with Crippen LogP contribution in [-0.2, 0) is 11.8 Å². The lowest BCUT2D eigenvalue weighted by atomic mass is 9.72. The summed E-state index contributed by atoms with van der Waals surface area (Å²) in [6, 6.07) is 13.7. The third-order valence-corrected chi connectivity index (χ3v) is 7.12. The molecule has 3 heterocycles. The number of rotatable bonds is 7. The van der Waals surface area contributed by atoms with Crippen molar-refractivity contribution in [3.63, 3.8) is 0 Å². The first-order valence-electron chi connectivity index (χ1n) is 11.5. The lowest BCUT2D eigenvalue weighted by Crippen LogP contribution is -2.55. The first-order valence-corrected chi connectivity index (χ1v) is 12.3. The highest BCUT2D eigenvalue weighted by Crippen LogP contribution is 2.38. The van der Waals surface area contributed by atoms with Gasteiger partial charge in [-0.1, -0.05) is 59.6 Å². The molecule has 1 aliphatic heterocycles. The van der Waals surface area contributed by atoms with Crippen LogP contribution in [0.2, 0.25) is 10.3 Å². The molecule has 0 bridgehead atoms. The fourth-order valence-electron chi connectivity index (χ4n) is 4.74. The van der Waals surface area contributed by atoms with Crippen molar-refractivity contribution in [2.24, 2.45) is 0 Å². The predicted molar refractivity (Wildman–Crippen MR) is 133 cm³/mol. The smallest absolute Gasteiger partial charge is 0.351 e. The number of aromatic nitrogens is 2. The minimum Gasteiger partial charge on any atom is -0.351 e. The zero-order valence-electron chi connectivity index (χ0n) is 19.3. The Hall–Kier alpha value is -2.68. The number of carbonyl (C=O) groups excluding carboxylic acids is 1. The van der Waals surface area contributed by atoms with Gasteiger partial charge in [0.15, 0.2) is 0 Å². The van der Waals surface area contributed by atoms with Crippen LogP contribution < -0.4 is 5.32 Å². The molecule has 1 amide bonds. The molecular weight excluding hydrogens is 512 g/mol. The maximum absolute atomic E-state index is 14.1. The van der Waals surface area contributed by atoms with E-state index < -0.39 is 17.6 Å². The summed E-state index contributed by atoms with van der Waals surface area (Å²) in [4.78, 5) is 22.4. The molecule has 0 aliphatic carbocycles. The number of alkyl halides is 3. The first-order chi connectivity index (χ1) is 17.2. The summed E-state index contributed by atoms with van der Waals surface area (Å²) in [6.07, 6.45) is -0.252. The number of pyridine rings is 2. The van der Waals surface area contributed by atoms with Crippen LogP contribution in [0.15, 0.2) is 67.0 Å². The lowest BCUT2D eigenvalue weighted by molar-refractivity contribution is -0.187. The summed E-state index contributed by atoms with van der Waals surface area (Å²) in [5.41, 5.74) is 1.22. The van der Waals surface area contributed by atoms with E-state index in [1.165, 1.54) is 17.0 Å². The zero-order chi connectivity index (χ0) is 25.8. The van der Waals surface area contributed by atoms with Gasteiger partial charge in [-0.25, -0.2) is 4.98 Å². The lowest BCUT2D eigenvalue weighted by Gasteiger charge is -2.45. The van der Waals surface area contributed by atoms with Gasteiger partial charge < -0.3 is 5.32 Å². The number of likely N-dealkylation sites (tertiary alicyclic amines) is 1. The quantitative estimate of drug-likeness (QED) is 0.392. The van der Waals surface area contributed by atoms with Crippen molar-refractivity contribution in [2.75, 3.05) is 19.6 Å². The molecule has 1 aliphatic rings. The predicted octanol–water partition coefficient (Wildman–Crippen LogP) is 5.72. The summed E-state index contributed by atoms with van der Waals surface area (Å²) in [6.45, 7) is 0.696. The number of hydrogen-bond donors (Lipinski definition) is 1. The third kappa shape index (κ3) is 6.35. The van der Waals surface area contributed by atoms with E-state index in [-0.39, 0.29) is 47.8 Å². The van der Waals surface area contributed by atoms with Gasteiger partial charge in [0, 0.05) is 29.9 Å². The van der Waals surface area contributed by atoms with Crippen LogP contribution in [0.1, 0.15) is 34.3 Å². The molecule has 0 saturated carbocycles. The van der Waals surface area contributed by atoms with Gasteiger partial charge in [-0.05, 0) is 61.7 Å². The Morgan fingerprint density at radius 2 is 1.72 bits per heavy atom. The molecule has 1 atom stereocenters. The number of nitrogens with zero attached hydrogens (tertiary/aromatic N) is 3.